The lowest BCUT2D eigenvalue weighted by Crippen LogP contribution is -2.21. The highest BCUT2D eigenvalue weighted by molar-refractivity contribution is 6.06. The summed E-state index contributed by atoms with van der Waals surface area (Å²) in [6.45, 7) is 4.06. The molecule has 7 heteroatoms. The molecule has 0 saturated carbocycles. The molecule has 2 heterocycles. The predicted octanol–water partition coefficient (Wildman–Crippen LogP) is 3.42. The average Bonchev–Trinajstić information content (AvgIpc) is 2.99. The van der Waals surface area contributed by atoms with E-state index < -0.39 is 0 Å². The SMILES string of the molecule is COCC(=N)c1nc(-c2ccc(C)cc2)nc2c1n(C)c(=O)n2-c1ccccc1C. The molecule has 152 valence electrons. The summed E-state index contributed by atoms with van der Waals surface area (Å²) in [6, 6.07) is 15.5. The van der Waals surface area contributed by atoms with Gasteiger partial charge in [0.2, 0.25) is 0 Å². The van der Waals surface area contributed by atoms with Crippen molar-refractivity contribution in [2.45, 2.75) is 13.8 Å². The number of aryl methyl sites for hydroxylation is 3. The Morgan fingerprint density at radius 2 is 1.77 bits per heavy atom. The molecule has 30 heavy (non-hydrogen) atoms. The van der Waals surface area contributed by atoms with Gasteiger partial charge in [-0.25, -0.2) is 19.3 Å². The third kappa shape index (κ3) is 3.23. The number of para-hydroxylation sites is 1. The summed E-state index contributed by atoms with van der Waals surface area (Å²) in [5, 5.41) is 8.49. The molecule has 0 aliphatic carbocycles. The number of ether oxygens (including phenoxy) is 1. The van der Waals surface area contributed by atoms with Crippen molar-refractivity contribution in [3.05, 3.63) is 75.8 Å². The first kappa shape index (κ1) is 19.7. The minimum absolute atomic E-state index is 0.0865. The molecule has 1 N–H and O–H groups in total. The van der Waals surface area contributed by atoms with Crippen molar-refractivity contribution in [1.82, 2.24) is 19.1 Å². The predicted molar refractivity (Wildman–Crippen MR) is 118 cm³/mol. The second-order valence-corrected chi connectivity index (χ2v) is 7.31. The molecule has 0 atom stereocenters. The lowest BCUT2D eigenvalue weighted by Gasteiger charge is -2.10. The second-order valence-electron chi connectivity index (χ2n) is 7.31. The number of rotatable bonds is 5. The monoisotopic (exact) mass is 401 g/mol. The summed E-state index contributed by atoms with van der Waals surface area (Å²) < 4.78 is 8.26. The zero-order chi connectivity index (χ0) is 21.4. The van der Waals surface area contributed by atoms with Gasteiger partial charge in [-0.2, -0.15) is 0 Å². The van der Waals surface area contributed by atoms with E-state index in [1.165, 1.54) is 11.7 Å². The van der Waals surface area contributed by atoms with Gasteiger partial charge in [-0.3, -0.25) is 4.57 Å². The fraction of sp³-hybridized carbons (Fsp3) is 0.217. The Balaban J connectivity index is 2.11. The number of nitrogens with one attached hydrogen (secondary N) is 1. The van der Waals surface area contributed by atoms with Crippen molar-refractivity contribution in [3.63, 3.8) is 0 Å². The van der Waals surface area contributed by atoms with E-state index in [1.807, 2.05) is 62.4 Å². The molecule has 0 saturated heterocycles. The van der Waals surface area contributed by atoms with E-state index in [-0.39, 0.29) is 18.0 Å². The number of nitrogens with zero attached hydrogens (tertiary/aromatic N) is 4. The number of fused-ring (bicyclic) bond motifs is 1. The maximum atomic E-state index is 13.2. The summed E-state index contributed by atoms with van der Waals surface area (Å²) in [7, 11) is 3.21. The second kappa shape index (κ2) is 7.68. The molecule has 0 spiro atoms. The topological polar surface area (TPSA) is 85.8 Å². The van der Waals surface area contributed by atoms with Crippen LogP contribution in [-0.2, 0) is 11.8 Å². The summed E-state index contributed by atoms with van der Waals surface area (Å²) in [4.78, 5) is 22.7. The highest BCUT2D eigenvalue weighted by Crippen LogP contribution is 2.25. The molecule has 4 rings (SSSR count). The lowest BCUT2D eigenvalue weighted by molar-refractivity contribution is 0.245. The molecule has 0 unspecified atom stereocenters. The van der Waals surface area contributed by atoms with Crippen LogP contribution in [0.25, 0.3) is 28.2 Å². The van der Waals surface area contributed by atoms with Gasteiger partial charge in [-0.1, -0.05) is 48.0 Å². The summed E-state index contributed by atoms with van der Waals surface area (Å²) >= 11 is 0. The van der Waals surface area contributed by atoms with Crippen LogP contribution >= 0.6 is 0 Å². The van der Waals surface area contributed by atoms with Crippen molar-refractivity contribution in [1.29, 1.82) is 5.41 Å². The number of benzene rings is 2. The van der Waals surface area contributed by atoms with Crippen LogP contribution in [0.1, 0.15) is 16.8 Å². The van der Waals surface area contributed by atoms with Crippen LogP contribution in [0.15, 0.2) is 53.3 Å². The molecular weight excluding hydrogens is 378 g/mol. The van der Waals surface area contributed by atoms with Crippen molar-refractivity contribution in [3.8, 4) is 17.1 Å². The van der Waals surface area contributed by atoms with Gasteiger partial charge in [0, 0.05) is 19.7 Å². The number of hydrogen-bond acceptors (Lipinski definition) is 5. The van der Waals surface area contributed by atoms with Crippen LogP contribution in [0.5, 0.6) is 0 Å². The Morgan fingerprint density at radius 3 is 2.43 bits per heavy atom. The van der Waals surface area contributed by atoms with Gasteiger partial charge in [0.05, 0.1) is 18.0 Å². The molecule has 7 nitrogen and oxygen atoms in total. The maximum absolute atomic E-state index is 13.2. The van der Waals surface area contributed by atoms with Gasteiger partial charge < -0.3 is 10.1 Å². The van der Waals surface area contributed by atoms with Crippen LogP contribution in [0.4, 0.5) is 0 Å². The molecule has 0 aliphatic heterocycles. The minimum Gasteiger partial charge on any atom is -0.378 e. The van der Waals surface area contributed by atoms with Gasteiger partial charge in [0.25, 0.3) is 0 Å². The van der Waals surface area contributed by atoms with E-state index in [9.17, 15) is 4.79 Å². The van der Waals surface area contributed by atoms with Gasteiger partial charge in [0.15, 0.2) is 11.5 Å². The zero-order valence-corrected chi connectivity index (χ0v) is 17.4. The van der Waals surface area contributed by atoms with Gasteiger partial charge in [-0.05, 0) is 25.5 Å². The standard InChI is InChI=1S/C23H23N5O2/c1-14-9-11-16(12-10-14)21-25-19(17(24)13-30-4)20-22(26-21)28(23(29)27(20)3)18-8-6-5-7-15(18)2/h5-12,24H,13H2,1-4H3. The summed E-state index contributed by atoms with van der Waals surface area (Å²) in [5.41, 5.74) is 4.99. The highest BCUT2D eigenvalue weighted by atomic mass is 16.5. The lowest BCUT2D eigenvalue weighted by atomic mass is 10.1. The molecule has 4 aromatic rings. The van der Waals surface area contributed by atoms with Crippen molar-refractivity contribution in [2.24, 2.45) is 7.05 Å². The van der Waals surface area contributed by atoms with Crippen molar-refractivity contribution >= 4 is 16.9 Å². The molecule has 2 aromatic carbocycles. The third-order valence-electron chi connectivity index (χ3n) is 5.13. The van der Waals surface area contributed by atoms with Gasteiger partial charge in [-0.15, -0.1) is 0 Å². The molecule has 0 bridgehead atoms. The highest BCUT2D eigenvalue weighted by Gasteiger charge is 2.22. The van der Waals surface area contributed by atoms with E-state index in [2.05, 4.69) is 4.98 Å². The number of methoxy groups -OCH3 is 1. The Kier molecular flexibility index (Phi) is 5.05. The fourth-order valence-electron chi connectivity index (χ4n) is 3.53. The molecule has 0 fully saturated rings. The minimum atomic E-state index is -0.235. The van der Waals surface area contributed by atoms with E-state index in [4.69, 9.17) is 15.1 Å². The first-order valence-electron chi connectivity index (χ1n) is 9.61. The normalized spacial score (nSPS) is 11.2. The Morgan fingerprint density at radius 1 is 1.07 bits per heavy atom. The Bertz CT molecular complexity index is 1320. The van der Waals surface area contributed by atoms with E-state index in [0.717, 1.165) is 22.4 Å². The van der Waals surface area contributed by atoms with Crippen LogP contribution in [-0.4, -0.2) is 38.5 Å². The number of hydrogen-bond donors (Lipinski definition) is 1. The van der Waals surface area contributed by atoms with Crippen LogP contribution in [0.3, 0.4) is 0 Å². The molecule has 0 aliphatic rings. The van der Waals surface area contributed by atoms with Gasteiger partial charge >= 0.3 is 5.69 Å². The Labute approximate surface area is 174 Å². The zero-order valence-electron chi connectivity index (χ0n) is 17.4. The van der Waals surface area contributed by atoms with Crippen molar-refractivity contribution in [2.75, 3.05) is 13.7 Å². The maximum Gasteiger partial charge on any atom is 0.334 e. The van der Waals surface area contributed by atoms with Crippen molar-refractivity contribution < 1.29 is 4.74 Å². The largest absolute Gasteiger partial charge is 0.378 e. The molecular formula is C23H23N5O2. The number of aromatic nitrogens is 4. The van der Waals surface area contributed by atoms with E-state index >= 15 is 0 Å². The third-order valence-corrected chi connectivity index (χ3v) is 5.13. The molecule has 0 amide bonds. The first-order chi connectivity index (χ1) is 14.4. The van der Waals surface area contributed by atoms with E-state index in [0.29, 0.717) is 22.7 Å². The first-order valence-corrected chi connectivity index (χ1v) is 9.61. The van der Waals surface area contributed by atoms with Crippen LogP contribution < -0.4 is 5.69 Å². The Hall–Kier alpha value is -3.58. The fourth-order valence-corrected chi connectivity index (χ4v) is 3.53. The van der Waals surface area contributed by atoms with Gasteiger partial charge in [0.1, 0.15) is 11.2 Å². The average molecular weight is 401 g/mol. The van der Waals surface area contributed by atoms with Crippen LogP contribution in [0, 0.1) is 19.3 Å². The van der Waals surface area contributed by atoms with E-state index in [1.54, 1.807) is 11.6 Å². The smallest absolute Gasteiger partial charge is 0.334 e. The molecule has 2 aromatic heterocycles. The quantitative estimate of drug-likeness (QED) is 0.519. The summed E-state index contributed by atoms with van der Waals surface area (Å²) in [6.07, 6.45) is 0. The van der Waals surface area contributed by atoms with Crippen LogP contribution in [0.2, 0.25) is 0 Å². The number of imidazole rings is 1. The summed E-state index contributed by atoms with van der Waals surface area (Å²) in [5.74, 6) is 0.464. The molecule has 0 radical (unpaired) electrons.